The molecule has 1 fully saturated rings. The molecule has 1 aliphatic rings. The van der Waals surface area contributed by atoms with E-state index in [4.69, 9.17) is 0 Å². The molecule has 0 spiro atoms. The van der Waals surface area contributed by atoms with Crippen molar-refractivity contribution in [1.29, 1.82) is 0 Å². The number of pyridine rings is 1. The smallest absolute Gasteiger partial charge is 0.0544 e. The van der Waals surface area contributed by atoms with Gasteiger partial charge in [-0.25, -0.2) is 0 Å². The van der Waals surface area contributed by atoms with Crippen LogP contribution in [0.5, 0.6) is 0 Å². The standard InChI is InChI=1S/C14H23N3/c1-12-3-4-14(16-9-12)11-17(2)10-13-5-7-15-8-6-13/h3-4,9,13,15H,5-8,10-11H2,1-2H3. The van der Waals surface area contributed by atoms with Gasteiger partial charge in [-0.15, -0.1) is 0 Å². The van der Waals surface area contributed by atoms with Crippen molar-refractivity contribution in [2.45, 2.75) is 26.3 Å². The van der Waals surface area contributed by atoms with Gasteiger partial charge in [0.05, 0.1) is 5.69 Å². The highest BCUT2D eigenvalue weighted by molar-refractivity contribution is 5.11. The highest BCUT2D eigenvalue weighted by Gasteiger charge is 2.15. The molecule has 2 rings (SSSR count). The Bertz CT molecular complexity index is 328. The Morgan fingerprint density at radius 2 is 2.12 bits per heavy atom. The zero-order valence-corrected chi connectivity index (χ0v) is 10.9. The number of hydrogen-bond donors (Lipinski definition) is 1. The fourth-order valence-electron chi connectivity index (χ4n) is 2.44. The van der Waals surface area contributed by atoms with E-state index in [1.165, 1.54) is 43.7 Å². The molecule has 1 aliphatic heterocycles. The number of rotatable bonds is 4. The summed E-state index contributed by atoms with van der Waals surface area (Å²) in [4.78, 5) is 6.85. The molecule has 1 aromatic heterocycles. The molecule has 2 heterocycles. The van der Waals surface area contributed by atoms with E-state index in [9.17, 15) is 0 Å². The second kappa shape index (κ2) is 6.12. The average Bonchev–Trinajstić information content (AvgIpc) is 2.33. The molecular formula is C14H23N3. The average molecular weight is 233 g/mol. The molecule has 17 heavy (non-hydrogen) atoms. The first-order valence-electron chi connectivity index (χ1n) is 6.55. The lowest BCUT2D eigenvalue weighted by Crippen LogP contribution is -2.34. The van der Waals surface area contributed by atoms with Gasteiger partial charge in [0.15, 0.2) is 0 Å². The first-order valence-corrected chi connectivity index (χ1v) is 6.55. The maximum absolute atomic E-state index is 4.46. The lowest BCUT2D eigenvalue weighted by molar-refractivity contribution is 0.232. The number of aryl methyl sites for hydroxylation is 1. The fraction of sp³-hybridized carbons (Fsp3) is 0.643. The van der Waals surface area contributed by atoms with Crippen LogP contribution >= 0.6 is 0 Å². The van der Waals surface area contributed by atoms with Crippen molar-refractivity contribution in [3.63, 3.8) is 0 Å². The monoisotopic (exact) mass is 233 g/mol. The van der Waals surface area contributed by atoms with Crippen molar-refractivity contribution < 1.29 is 0 Å². The van der Waals surface area contributed by atoms with Gasteiger partial charge in [-0.2, -0.15) is 0 Å². The van der Waals surface area contributed by atoms with Crippen LogP contribution in [0.25, 0.3) is 0 Å². The van der Waals surface area contributed by atoms with Crippen LogP contribution in [0.1, 0.15) is 24.1 Å². The largest absolute Gasteiger partial charge is 0.317 e. The lowest BCUT2D eigenvalue weighted by Gasteiger charge is -2.27. The molecule has 0 atom stereocenters. The van der Waals surface area contributed by atoms with Gasteiger partial charge in [0.2, 0.25) is 0 Å². The predicted octanol–water partition coefficient (Wildman–Crippen LogP) is 1.82. The Morgan fingerprint density at radius 3 is 2.76 bits per heavy atom. The maximum atomic E-state index is 4.46. The number of nitrogens with one attached hydrogen (secondary N) is 1. The van der Waals surface area contributed by atoms with Gasteiger partial charge < -0.3 is 10.2 Å². The number of piperidine rings is 1. The summed E-state index contributed by atoms with van der Waals surface area (Å²) in [6.07, 6.45) is 4.57. The molecule has 0 aromatic carbocycles. The summed E-state index contributed by atoms with van der Waals surface area (Å²) in [5.74, 6) is 0.853. The molecule has 0 amide bonds. The van der Waals surface area contributed by atoms with Crippen LogP contribution < -0.4 is 5.32 Å². The van der Waals surface area contributed by atoms with Crippen molar-refractivity contribution >= 4 is 0 Å². The molecule has 3 heteroatoms. The molecule has 0 radical (unpaired) electrons. The van der Waals surface area contributed by atoms with Crippen LogP contribution in [0.4, 0.5) is 0 Å². The molecule has 1 aromatic rings. The third-order valence-corrected chi connectivity index (χ3v) is 3.43. The van der Waals surface area contributed by atoms with Crippen LogP contribution in [0.3, 0.4) is 0 Å². The Kier molecular flexibility index (Phi) is 4.51. The first-order chi connectivity index (χ1) is 8.24. The predicted molar refractivity (Wildman–Crippen MR) is 70.9 cm³/mol. The topological polar surface area (TPSA) is 28.2 Å². The summed E-state index contributed by atoms with van der Waals surface area (Å²) >= 11 is 0. The van der Waals surface area contributed by atoms with Gasteiger partial charge in [0.1, 0.15) is 0 Å². The van der Waals surface area contributed by atoms with Crippen LogP contribution in [0.15, 0.2) is 18.3 Å². The van der Waals surface area contributed by atoms with Gasteiger partial charge in [-0.3, -0.25) is 4.98 Å². The van der Waals surface area contributed by atoms with Crippen molar-refractivity contribution in [3.8, 4) is 0 Å². The number of hydrogen-bond acceptors (Lipinski definition) is 3. The number of aromatic nitrogens is 1. The van der Waals surface area contributed by atoms with E-state index in [-0.39, 0.29) is 0 Å². The normalized spacial score (nSPS) is 17.6. The summed E-state index contributed by atoms with van der Waals surface area (Å²) < 4.78 is 0. The van der Waals surface area contributed by atoms with Gasteiger partial charge in [-0.1, -0.05) is 6.07 Å². The third-order valence-electron chi connectivity index (χ3n) is 3.43. The Hall–Kier alpha value is -0.930. The highest BCUT2D eigenvalue weighted by Crippen LogP contribution is 2.13. The van der Waals surface area contributed by atoms with E-state index >= 15 is 0 Å². The Morgan fingerprint density at radius 1 is 1.35 bits per heavy atom. The zero-order valence-electron chi connectivity index (χ0n) is 10.9. The highest BCUT2D eigenvalue weighted by atomic mass is 15.1. The molecule has 1 N–H and O–H groups in total. The van der Waals surface area contributed by atoms with Gasteiger partial charge in [0.25, 0.3) is 0 Å². The molecule has 3 nitrogen and oxygen atoms in total. The van der Waals surface area contributed by atoms with E-state index in [1.807, 2.05) is 6.20 Å². The quantitative estimate of drug-likeness (QED) is 0.860. The third kappa shape index (κ3) is 4.10. The van der Waals surface area contributed by atoms with Gasteiger partial charge in [-0.05, 0) is 57.5 Å². The minimum atomic E-state index is 0.853. The van der Waals surface area contributed by atoms with Crippen molar-refractivity contribution in [1.82, 2.24) is 15.2 Å². The van der Waals surface area contributed by atoms with Crippen LogP contribution in [-0.4, -0.2) is 36.6 Å². The molecule has 94 valence electrons. The SMILES string of the molecule is Cc1ccc(CN(C)CC2CCNCC2)nc1. The summed E-state index contributed by atoms with van der Waals surface area (Å²) in [5.41, 5.74) is 2.40. The second-order valence-electron chi connectivity index (χ2n) is 5.22. The van der Waals surface area contributed by atoms with E-state index in [0.717, 1.165) is 12.5 Å². The molecule has 0 saturated carbocycles. The molecule has 0 bridgehead atoms. The van der Waals surface area contributed by atoms with Crippen molar-refractivity contribution in [2.75, 3.05) is 26.7 Å². The Labute approximate surface area is 104 Å². The molecule has 0 aliphatic carbocycles. The van der Waals surface area contributed by atoms with Crippen molar-refractivity contribution in [2.24, 2.45) is 5.92 Å². The summed E-state index contributed by atoms with van der Waals surface area (Å²) in [6.45, 7) is 6.60. The van der Waals surface area contributed by atoms with Crippen molar-refractivity contribution in [3.05, 3.63) is 29.6 Å². The zero-order chi connectivity index (χ0) is 12.1. The molecule has 0 unspecified atom stereocenters. The molecular weight excluding hydrogens is 210 g/mol. The maximum Gasteiger partial charge on any atom is 0.0544 e. The lowest BCUT2D eigenvalue weighted by atomic mass is 9.98. The van der Waals surface area contributed by atoms with E-state index in [0.29, 0.717) is 0 Å². The van der Waals surface area contributed by atoms with Gasteiger partial charge in [0, 0.05) is 19.3 Å². The van der Waals surface area contributed by atoms with E-state index < -0.39 is 0 Å². The van der Waals surface area contributed by atoms with Gasteiger partial charge >= 0.3 is 0 Å². The van der Waals surface area contributed by atoms with Crippen LogP contribution in [-0.2, 0) is 6.54 Å². The first kappa shape index (κ1) is 12.5. The summed E-state index contributed by atoms with van der Waals surface area (Å²) in [6, 6.07) is 4.27. The fourth-order valence-corrected chi connectivity index (χ4v) is 2.44. The second-order valence-corrected chi connectivity index (χ2v) is 5.22. The van der Waals surface area contributed by atoms with Crippen LogP contribution in [0, 0.1) is 12.8 Å². The minimum Gasteiger partial charge on any atom is -0.317 e. The van der Waals surface area contributed by atoms with E-state index in [1.54, 1.807) is 0 Å². The minimum absolute atomic E-state index is 0.853. The summed E-state index contributed by atoms with van der Waals surface area (Å²) in [7, 11) is 2.20. The van der Waals surface area contributed by atoms with Crippen LogP contribution in [0.2, 0.25) is 0 Å². The summed E-state index contributed by atoms with van der Waals surface area (Å²) in [5, 5.41) is 3.41. The molecule has 1 saturated heterocycles. The van der Waals surface area contributed by atoms with E-state index in [2.05, 4.69) is 41.3 Å². The number of nitrogens with zero attached hydrogens (tertiary/aromatic N) is 2. The Balaban J connectivity index is 1.79.